The molecule has 0 radical (unpaired) electrons. The van der Waals surface area contributed by atoms with E-state index in [1.807, 2.05) is 19.9 Å². The molecule has 0 aromatic carbocycles. The van der Waals surface area contributed by atoms with Crippen molar-refractivity contribution in [3.8, 4) is 5.88 Å². The van der Waals surface area contributed by atoms with E-state index in [1.165, 1.54) is 4.90 Å². The molecule has 172 valence electrons. The Bertz CT molecular complexity index is 763. The van der Waals surface area contributed by atoms with Crippen LogP contribution in [0.2, 0.25) is 0 Å². The average Bonchev–Trinajstić information content (AvgIpc) is 3.42. The van der Waals surface area contributed by atoms with Crippen LogP contribution in [-0.4, -0.2) is 65.8 Å². The summed E-state index contributed by atoms with van der Waals surface area (Å²) in [5, 5.41) is 9.74. The molecular formula is C23H34FN3O4. The summed E-state index contributed by atoms with van der Waals surface area (Å²) in [7, 11) is 0. The fraction of sp³-hybridized carbons (Fsp3) is 0.696. The van der Waals surface area contributed by atoms with Crippen LogP contribution in [-0.2, 0) is 4.79 Å². The van der Waals surface area contributed by atoms with E-state index in [0.717, 1.165) is 44.5 Å². The Hall–Kier alpha value is -2.38. The number of carbonyl (C=O) groups is 2. The Morgan fingerprint density at radius 1 is 1.29 bits per heavy atom. The van der Waals surface area contributed by atoms with Crippen molar-refractivity contribution in [1.29, 1.82) is 0 Å². The molecule has 1 aromatic rings. The number of halogens is 1. The second-order valence-corrected chi connectivity index (χ2v) is 8.99. The lowest BCUT2D eigenvalue weighted by Crippen LogP contribution is -2.46. The molecule has 1 N–H and O–H groups in total. The molecule has 3 rings (SSSR count). The Morgan fingerprint density at radius 3 is 2.58 bits per heavy atom. The molecule has 1 saturated carbocycles. The second-order valence-electron chi connectivity index (χ2n) is 8.99. The van der Waals surface area contributed by atoms with Gasteiger partial charge in [0.25, 0.3) is 5.91 Å². The number of anilines is 1. The van der Waals surface area contributed by atoms with Crippen LogP contribution in [0.25, 0.3) is 0 Å². The van der Waals surface area contributed by atoms with E-state index < -0.39 is 24.6 Å². The summed E-state index contributed by atoms with van der Waals surface area (Å²) in [6, 6.07) is 2.46. The predicted octanol–water partition coefficient (Wildman–Crippen LogP) is 3.77. The zero-order valence-corrected chi connectivity index (χ0v) is 18.6. The van der Waals surface area contributed by atoms with Crippen LogP contribution in [0.15, 0.2) is 12.1 Å². The summed E-state index contributed by atoms with van der Waals surface area (Å²) in [4.78, 5) is 33.2. The SMILES string of the molecule is CC(C)CC(C(=O)O)N(CCCF)C(=O)c1ccc(N2CCCC2)c(OCC2CC2)n1. The lowest BCUT2D eigenvalue weighted by atomic mass is 10.0. The van der Waals surface area contributed by atoms with Crippen LogP contribution < -0.4 is 9.64 Å². The molecule has 1 aliphatic heterocycles. The molecule has 0 bridgehead atoms. The summed E-state index contributed by atoms with van der Waals surface area (Å²) in [6.45, 7) is 5.64. The number of alkyl halides is 1. The first kappa shape index (κ1) is 23.3. The lowest BCUT2D eigenvalue weighted by molar-refractivity contribution is -0.143. The van der Waals surface area contributed by atoms with Crippen molar-refractivity contribution in [2.75, 3.05) is 37.8 Å². The highest BCUT2D eigenvalue weighted by atomic mass is 19.1. The third-order valence-corrected chi connectivity index (χ3v) is 5.81. The van der Waals surface area contributed by atoms with Crippen LogP contribution >= 0.6 is 0 Å². The minimum atomic E-state index is -1.08. The van der Waals surface area contributed by atoms with Crippen LogP contribution in [0.4, 0.5) is 10.1 Å². The molecule has 2 heterocycles. The number of nitrogens with zero attached hydrogens (tertiary/aromatic N) is 3. The number of carboxylic acid groups (broad SMARTS) is 1. The summed E-state index contributed by atoms with van der Waals surface area (Å²) in [6.07, 6.45) is 4.88. The molecule has 1 saturated heterocycles. The normalized spacial score (nSPS) is 17.1. The van der Waals surface area contributed by atoms with Crippen molar-refractivity contribution in [3.05, 3.63) is 17.8 Å². The molecule has 1 aliphatic carbocycles. The molecular weight excluding hydrogens is 401 g/mol. The summed E-state index contributed by atoms with van der Waals surface area (Å²) in [5.74, 6) is -0.535. The van der Waals surface area contributed by atoms with Gasteiger partial charge in [-0.05, 0) is 62.5 Å². The summed E-state index contributed by atoms with van der Waals surface area (Å²) < 4.78 is 18.9. The standard InChI is InChI=1S/C23H34FN3O4/c1-16(2)14-20(23(29)30)27(13-5-10-24)22(28)18-8-9-19(26-11-3-4-12-26)21(25-18)31-15-17-6-7-17/h8-9,16-17,20H,3-7,10-15H2,1-2H3,(H,29,30). The highest BCUT2D eigenvalue weighted by Gasteiger charge is 2.32. The molecule has 2 fully saturated rings. The van der Waals surface area contributed by atoms with Gasteiger partial charge in [0, 0.05) is 19.6 Å². The molecule has 2 aliphatic rings. The van der Waals surface area contributed by atoms with E-state index >= 15 is 0 Å². The van der Waals surface area contributed by atoms with E-state index in [0.29, 0.717) is 24.8 Å². The summed E-state index contributed by atoms with van der Waals surface area (Å²) in [5.41, 5.74) is 1.02. The molecule has 1 unspecified atom stereocenters. The molecule has 0 spiro atoms. The van der Waals surface area contributed by atoms with Gasteiger partial charge in [0.15, 0.2) is 0 Å². The number of hydrogen-bond donors (Lipinski definition) is 1. The number of pyridine rings is 1. The largest absolute Gasteiger partial charge is 0.480 e. The van der Waals surface area contributed by atoms with Gasteiger partial charge in [0.1, 0.15) is 11.7 Å². The Balaban J connectivity index is 1.87. The third kappa shape index (κ3) is 6.31. The van der Waals surface area contributed by atoms with Gasteiger partial charge in [-0.25, -0.2) is 9.78 Å². The van der Waals surface area contributed by atoms with Crippen molar-refractivity contribution in [2.24, 2.45) is 11.8 Å². The number of rotatable bonds is 12. The number of hydrogen-bond acceptors (Lipinski definition) is 5. The summed E-state index contributed by atoms with van der Waals surface area (Å²) >= 11 is 0. The maximum absolute atomic E-state index is 13.3. The first-order valence-electron chi connectivity index (χ1n) is 11.4. The Labute approximate surface area is 183 Å². The van der Waals surface area contributed by atoms with E-state index in [2.05, 4.69) is 9.88 Å². The van der Waals surface area contributed by atoms with Crippen molar-refractivity contribution in [1.82, 2.24) is 9.88 Å². The maximum atomic E-state index is 13.3. The number of aliphatic carboxylic acids is 1. The molecule has 1 amide bonds. The average molecular weight is 436 g/mol. The highest BCUT2D eigenvalue weighted by molar-refractivity contribution is 5.95. The molecule has 31 heavy (non-hydrogen) atoms. The monoisotopic (exact) mass is 435 g/mol. The predicted molar refractivity (Wildman–Crippen MR) is 116 cm³/mol. The number of amides is 1. The van der Waals surface area contributed by atoms with E-state index in [-0.39, 0.29) is 24.6 Å². The van der Waals surface area contributed by atoms with Gasteiger partial charge in [0.2, 0.25) is 5.88 Å². The van der Waals surface area contributed by atoms with Gasteiger partial charge in [0.05, 0.1) is 19.0 Å². The van der Waals surface area contributed by atoms with Crippen LogP contribution in [0.3, 0.4) is 0 Å². The van der Waals surface area contributed by atoms with Crippen LogP contribution in [0.1, 0.15) is 62.9 Å². The fourth-order valence-corrected chi connectivity index (χ4v) is 3.92. The van der Waals surface area contributed by atoms with Crippen LogP contribution in [0, 0.1) is 11.8 Å². The van der Waals surface area contributed by atoms with Gasteiger partial charge in [-0.2, -0.15) is 0 Å². The van der Waals surface area contributed by atoms with E-state index in [4.69, 9.17) is 4.74 Å². The van der Waals surface area contributed by atoms with Gasteiger partial charge in [-0.1, -0.05) is 13.8 Å². The second kappa shape index (κ2) is 10.8. The molecule has 8 heteroatoms. The maximum Gasteiger partial charge on any atom is 0.326 e. The van der Waals surface area contributed by atoms with Crippen LogP contribution in [0.5, 0.6) is 5.88 Å². The number of carboxylic acids is 1. The van der Waals surface area contributed by atoms with E-state index in [1.54, 1.807) is 6.07 Å². The minimum absolute atomic E-state index is 0.0346. The lowest BCUT2D eigenvalue weighted by Gasteiger charge is -2.30. The zero-order chi connectivity index (χ0) is 22.4. The van der Waals surface area contributed by atoms with Gasteiger partial charge < -0.3 is 19.6 Å². The third-order valence-electron chi connectivity index (χ3n) is 5.81. The van der Waals surface area contributed by atoms with Crippen molar-refractivity contribution in [3.63, 3.8) is 0 Å². The minimum Gasteiger partial charge on any atom is -0.480 e. The van der Waals surface area contributed by atoms with E-state index in [9.17, 15) is 19.1 Å². The Kier molecular flexibility index (Phi) is 8.09. The number of ether oxygens (including phenoxy) is 1. The number of aromatic nitrogens is 1. The topological polar surface area (TPSA) is 83.0 Å². The smallest absolute Gasteiger partial charge is 0.326 e. The van der Waals surface area contributed by atoms with Crippen molar-refractivity contribution < 1.29 is 23.8 Å². The number of carbonyl (C=O) groups excluding carboxylic acids is 1. The quantitative estimate of drug-likeness (QED) is 0.538. The zero-order valence-electron chi connectivity index (χ0n) is 18.6. The van der Waals surface area contributed by atoms with Gasteiger partial charge in [-0.15, -0.1) is 0 Å². The van der Waals surface area contributed by atoms with Gasteiger partial charge >= 0.3 is 5.97 Å². The molecule has 7 nitrogen and oxygen atoms in total. The van der Waals surface area contributed by atoms with Gasteiger partial charge in [-0.3, -0.25) is 9.18 Å². The van der Waals surface area contributed by atoms with Crippen molar-refractivity contribution >= 4 is 17.6 Å². The first-order chi connectivity index (χ1) is 14.9. The fourth-order valence-electron chi connectivity index (χ4n) is 3.92. The highest BCUT2D eigenvalue weighted by Crippen LogP contribution is 2.34. The Morgan fingerprint density at radius 2 is 2.00 bits per heavy atom. The molecule has 1 atom stereocenters. The first-order valence-corrected chi connectivity index (χ1v) is 11.4. The molecule has 1 aromatic heterocycles. The van der Waals surface area contributed by atoms with Crippen molar-refractivity contribution in [2.45, 2.75) is 58.4 Å².